The van der Waals surface area contributed by atoms with Gasteiger partial charge in [0.2, 0.25) is 5.91 Å². The first-order valence-electron chi connectivity index (χ1n) is 9.29. The summed E-state index contributed by atoms with van der Waals surface area (Å²) in [5, 5.41) is 2.84. The average Bonchev–Trinajstić information content (AvgIpc) is 2.67. The normalized spacial score (nSPS) is 14.6. The van der Waals surface area contributed by atoms with Crippen molar-refractivity contribution in [3.63, 3.8) is 0 Å². The van der Waals surface area contributed by atoms with Gasteiger partial charge in [-0.2, -0.15) is 0 Å². The molecule has 1 heterocycles. The van der Waals surface area contributed by atoms with Crippen LogP contribution in [0.25, 0.3) is 0 Å². The molecule has 1 aliphatic heterocycles. The molecular formula is C21H26N2O3S. The first kappa shape index (κ1) is 19.6. The lowest BCUT2D eigenvalue weighted by Gasteiger charge is -2.28. The minimum absolute atomic E-state index is 0.0148. The van der Waals surface area contributed by atoms with Crippen LogP contribution in [0.5, 0.6) is 0 Å². The number of benzene rings is 2. The van der Waals surface area contributed by atoms with E-state index in [1.54, 1.807) is 24.3 Å². The van der Waals surface area contributed by atoms with Crippen LogP contribution in [0.2, 0.25) is 0 Å². The quantitative estimate of drug-likeness (QED) is 0.793. The zero-order chi connectivity index (χ0) is 19.3. The van der Waals surface area contributed by atoms with Crippen molar-refractivity contribution in [2.45, 2.75) is 31.2 Å². The Kier molecular flexibility index (Phi) is 6.29. The van der Waals surface area contributed by atoms with E-state index >= 15 is 0 Å². The summed E-state index contributed by atoms with van der Waals surface area (Å²) in [7, 11) is -3.42. The monoisotopic (exact) mass is 386 g/mol. The summed E-state index contributed by atoms with van der Waals surface area (Å²) >= 11 is 0. The molecule has 0 radical (unpaired) electrons. The summed E-state index contributed by atoms with van der Waals surface area (Å²) in [5.41, 5.74) is 3.75. The van der Waals surface area contributed by atoms with Crippen molar-refractivity contribution in [3.8, 4) is 0 Å². The van der Waals surface area contributed by atoms with Crippen LogP contribution in [-0.4, -0.2) is 44.6 Å². The number of hydrogen-bond donors (Lipinski definition) is 1. The molecule has 3 rings (SSSR count). The van der Waals surface area contributed by atoms with Crippen LogP contribution in [0.3, 0.4) is 0 Å². The number of nitrogens with zero attached hydrogens (tertiary/aromatic N) is 1. The largest absolute Gasteiger partial charge is 0.355 e. The van der Waals surface area contributed by atoms with Crippen LogP contribution in [0.1, 0.15) is 23.1 Å². The highest BCUT2D eigenvalue weighted by molar-refractivity contribution is 7.91. The molecule has 144 valence electrons. The van der Waals surface area contributed by atoms with Gasteiger partial charge in [0.1, 0.15) is 0 Å². The van der Waals surface area contributed by atoms with Gasteiger partial charge in [-0.05, 0) is 36.6 Å². The zero-order valence-corrected chi connectivity index (χ0v) is 16.5. The lowest BCUT2D eigenvalue weighted by molar-refractivity contribution is -0.120. The molecule has 0 aromatic heterocycles. The van der Waals surface area contributed by atoms with Crippen LogP contribution in [0, 0.1) is 6.92 Å². The van der Waals surface area contributed by atoms with Crippen molar-refractivity contribution < 1.29 is 13.2 Å². The van der Waals surface area contributed by atoms with Gasteiger partial charge in [-0.25, -0.2) is 8.42 Å². The first-order chi connectivity index (χ1) is 12.9. The molecule has 27 heavy (non-hydrogen) atoms. The summed E-state index contributed by atoms with van der Waals surface area (Å²) < 4.78 is 24.6. The van der Waals surface area contributed by atoms with Crippen LogP contribution in [0.15, 0.2) is 53.4 Å². The molecule has 0 aliphatic carbocycles. The molecule has 1 N–H and O–H groups in total. The molecule has 1 amide bonds. The number of amides is 1. The molecule has 2 aromatic rings. The third-order valence-electron chi connectivity index (χ3n) is 4.94. The number of carbonyl (C=O) groups excluding carboxylic acids is 1. The Labute approximate surface area is 161 Å². The second-order valence-corrected chi connectivity index (χ2v) is 9.14. The van der Waals surface area contributed by atoms with E-state index in [0.29, 0.717) is 6.54 Å². The van der Waals surface area contributed by atoms with Gasteiger partial charge in [0.25, 0.3) is 0 Å². The van der Waals surface area contributed by atoms with Gasteiger partial charge in [0.05, 0.1) is 10.6 Å². The maximum atomic E-state index is 12.3. The maximum Gasteiger partial charge on any atom is 0.221 e. The summed E-state index contributed by atoms with van der Waals surface area (Å²) in [6, 6.07) is 15.2. The fourth-order valence-corrected chi connectivity index (χ4v) is 4.52. The van der Waals surface area contributed by atoms with E-state index in [4.69, 9.17) is 0 Å². The molecule has 2 aromatic carbocycles. The van der Waals surface area contributed by atoms with E-state index in [2.05, 4.69) is 34.5 Å². The topological polar surface area (TPSA) is 66.5 Å². The number of sulfone groups is 1. The smallest absolute Gasteiger partial charge is 0.221 e. The minimum Gasteiger partial charge on any atom is -0.355 e. The number of hydrogen-bond acceptors (Lipinski definition) is 4. The average molecular weight is 387 g/mol. The Balaban J connectivity index is 1.41. The SMILES string of the molecule is Cc1ccc(S(=O)(=O)CCC(=O)NCCN2CCc3ccccc3C2)cc1. The van der Waals surface area contributed by atoms with E-state index in [1.807, 2.05) is 6.92 Å². The van der Waals surface area contributed by atoms with Crippen molar-refractivity contribution >= 4 is 15.7 Å². The molecule has 0 saturated carbocycles. The second-order valence-electron chi connectivity index (χ2n) is 7.03. The molecule has 0 bridgehead atoms. The van der Waals surface area contributed by atoms with Gasteiger partial charge >= 0.3 is 0 Å². The van der Waals surface area contributed by atoms with E-state index in [0.717, 1.165) is 31.6 Å². The Hall–Kier alpha value is -2.18. The van der Waals surface area contributed by atoms with Crippen LogP contribution in [-0.2, 0) is 27.6 Å². The Morgan fingerprint density at radius 3 is 2.52 bits per heavy atom. The van der Waals surface area contributed by atoms with Gasteiger partial charge in [-0.3, -0.25) is 9.69 Å². The van der Waals surface area contributed by atoms with Crippen molar-refractivity contribution in [1.82, 2.24) is 10.2 Å². The summed E-state index contributed by atoms with van der Waals surface area (Å²) in [5.74, 6) is -0.387. The van der Waals surface area contributed by atoms with E-state index in [-0.39, 0.29) is 23.0 Å². The number of aryl methyl sites for hydroxylation is 1. The van der Waals surface area contributed by atoms with Crippen molar-refractivity contribution in [2.24, 2.45) is 0 Å². The van der Waals surface area contributed by atoms with Crippen LogP contribution in [0.4, 0.5) is 0 Å². The summed E-state index contributed by atoms with van der Waals surface area (Å²) in [6.07, 6.45) is 1.01. The molecule has 0 fully saturated rings. The number of nitrogens with one attached hydrogen (secondary N) is 1. The van der Waals surface area contributed by atoms with Gasteiger partial charge in [0, 0.05) is 32.6 Å². The van der Waals surface area contributed by atoms with E-state index in [1.165, 1.54) is 11.1 Å². The zero-order valence-electron chi connectivity index (χ0n) is 15.6. The van der Waals surface area contributed by atoms with Gasteiger partial charge in [0.15, 0.2) is 9.84 Å². The Morgan fingerprint density at radius 2 is 1.78 bits per heavy atom. The summed E-state index contributed by atoms with van der Waals surface area (Å²) in [6.45, 7) is 5.09. The standard InChI is InChI=1S/C21H26N2O3S/c1-17-6-8-20(9-7-17)27(25,26)15-11-21(24)22-12-14-23-13-10-18-4-2-3-5-19(18)16-23/h2-9H,10-16H2,1H3,(H,22,24). The molecule has 6 heteroatoms. The summed E-state index contributed by atoms with van der Waals surface area (Å²) in [4.78, 5) is 14.6. The fourth-order valence-electron chi connectivity index (χ4n) is 3.28. The lowest BCUT2D eigenvalue weighted by Crippen LogP contribution is -2.38. The van der Waals surface area contributed by atoms with Crippen LogP contribution >= 0.6 is 0 Å². The predicted octanol–water partition coefficient (Wildman–Crippen LogP) is 2.33. The van der Waals surface area contributed by atoms with Crippen molar-refractivity contribution in [3.05, 3.63) is 65.2 Å². The van der Waals surface area contributed by atoms with E-state index < -0.39 is 9.84 Å². The van der Waals surface area contributed by atoms with Crippen LogP contribution < -0.4 is 5.32 Å². The first-order valence-corrected chi connectivity index (χ1v) is 10.9. The van der Waals surface area contributed by atoms with Gasteiger partial charge < -0.3 is 5.32 Å². The number of rotatable bonds is 7. The Bertz CT molecular complexity index is 892. The number of fused-ring (bicyclic) bond motifs is 1. The molecule has 0 saturated heterocycles. The third kappa shape index (κ3) is 5.40. The Morgan fingerprint density at radius 1 is 1.07 bits per heavy atom. The molecule has 0 spiro atoms. The second kappa shape index (κ2) is 8.67. The third-order valence-corrected chi connectivity index (χ3v) is 6.67. The molecule has 1 aliphatic rings. The maximum absolute atomic E-state index is 12.3. The number of carbonyl (C=O) groups is 1. The highest BCUT2D eigenvalue weighted by Gasteiger charge is 2.17. The molecule has 0 unspecified atom stereocenters. The van der Waals surface area contributed by atoms with Crippen molar-refractivity contribution in [2.75, 3.05) is 25.4 Å². The fraction of sp³-hybridized carbons (Fsp3) is 0.381. The van der Waals surface area contributed by atoms with E-state index in [9.17, 15) is 13.2 Å². The van der Waals surface area contributed by atoms with Crippen molar-refractivity contribution in [1.29, 1.82) is 0 Å². The predicted molar refractivity (Wildman–Crippen MR) is 106 cm³/mol. The molecular weight excluding hydrogens is 360 g/mol. The molecule has 0 atom stereocenters. The minimum atomic E-state index is -3.42. The highest BCUT2D eigenvalue weighted by atomic mass is 32.2. The molecule has 5 nitrogen and oxygen atoms in total. The lowest BCUT2D eigenvalue weighted by atomic mass is 10.00. The van der Waals surface area contributed by atoms with Gasteiger partial charge in [-0.15, -0.1) is 0 Å². The van der Waals surface area contributed by atoms with Gasteiger partial charge in [-0.1, -0.05) is 42.0 Å². The highest BCUT2D eigenvalue weighted by Crippen LogP contribution is 2.17.